The molecule has 0 saturated carbocycles. The lowest BCUT2D eigenvalue weighted by Gasteiger charge is -2.32. The summed E-state index contributed by atoms with van der Waals surface area (Å²) in [7, 11) is 1.46. The second kappa shape index (κ2) is 8.27. The van der Waals surface area contributed by atoms with Crippen LogP contribution in [-0.2, 0) is 4.74 Å². The van der Waals surface area contributed by atoms with E-state index in [0.717, 1.165) is 0 Å². The highest BCUT2D eigenvalue weighted by molar-refractivity contribution is 5.93. The number of amides is 1. The molecule has 1 saturated heterocycles. The van der Waals surface area contributed by atoms with Gasteiger partial charge in [-0.15, -0.1) is 0 Å². The average molecular weight is 354 g/mol. The van der Waals surface area contributed by atoms with Gasteiger partial charge in [0.05, 0.1) is 43.6 Å². The molecule has 1 aromatic heterocycles. The zero-order chi connectivity index (χ0) is 18.4. The van der Waals surface area contributed by atoms with Gasteiger partial charge in [0.1, 0.15) is 11.9 Å². The maximum atomic E-state index is 12.4. The Balaban J connectivity index is 1.65. The van der Waals surface area contributed by atoms with Crippen molar-refractivity contribution in [1.82, 2.24) is 15.3 Å². The van der Waals surface area contributed by atoms with Gasteiger partial charge < -0.3 is 19.5 Å². The minimum Gasteiger partial charge on any atom is -0.488 e. The second-order valence-corrected chi connectivity index (χ2v) is 5.69. The molecular formula is C18H18N4O4. The predicted molar refractivity (Wildman–Crippen MR) is 90.8 cm³/mol. The number of hydrogen-bond acceptors (Lipinski definition) is 7. The molecule has 3 rings (SSSR count). The monoisotopic (exact) mass is 354 g/mol. The molecule has 8 nitrogen and oxygen atoms in total. The number of carbonyl (C=O) groups is 1. The van der Waals surface area contributed by atoms with E-state index in [2.05, 4.69) is 21.4 Å². The Morgan fingerprint density at radius 3 is 2.69 bits per heavy atom. The van der Waals surface area contributed by atoms with E-state index in [1.165, 1.54) is 19.5 Å². The van der Waals surface area contributed by atoms with E-state index in [9.17, 15) is 4.79 Å². The highest BCUT2D eigenvalue weighted by Gasteiger charge is 2.29. The Hall–Kier alpha value is -3.18. The first kappa shape index (κ1) is 17.6. The van der Waals surface area contributed by atoms with E-state index in [1.807, 2.05) is 0 Å². The molecule has 0 spiro atoms. The van der Waals surface area contributed by atoms with Gasteiger partial charge in [0.15, 0.2) is 0 Å². The third kappa shape index (κ3) is 4.26. The zero-order valence-electron chi connectivity index (χ0n) is 14.2. The maximum absolute atomic E-state index is 12.4. The van der Waals surface area contributed by atoms with Gasteiger partial charge in [-0.2, -0.15) is 5.26 Å². The highest BCUT2D eigenvalue weighted by Crippen LogP contribution is 2.19. The average Bonchev–Trinajstić information content (AvgIpc) is 2.70. The SMILES string of the molecule is COc1ncc(C(=O)N[C@@H]2COCC[C@H]2Oc2ccc(C#N)cc2)cn1. The molecule has 2 heterocycles. The minimum absolute atomic E-state index is 0.199. The molecular weight excluding hydrogens is 336 g/mol. The molecule has 8 heteroatoms. The van der Waals surface area contributed by atoms with Gasteiger partial charge in [-0.3, -0.25) is 4.79 Å². The third-order valence-electron chi connectivity index (χ3n) is 3.95. The molecule has 1 amide bonds. The van der Waals surface area contributed by atoms with Crippen molar-refractivity contribution >= 4 is 5.91 Å². The van der Waals surface area contributed by atoms with E-state index in [1.54, 1.807) is 24.3 Å². The maximum Gasteiger partial charge on any atom is 0.316 e. The summed E-state index contributed by atoms with van der Waals surface area (Å²) in [5, 5.41) is 11.8. The van der Waals surface area contributed by atoms with Crippen LogP contribution in [0.5, 0.6) is 11.8 Å². The summed E-state index contributed by atoms with van der Waals surface area (Å²) in [5.41, 5.74) is 0.891. The fourth-order valence-corrected chi connectivity index (χ4v) is 2.57. The van der Waals surface area contributed by atoms with Crippen molar-refractivity contribution in [3.63, 3.8) is 0 Å². The minimum atomic E-state index is -0.311. The Bertz CT molecular complexity index is 786. The zero-order valence-corrected chi connectivity index (χ0v) is 14.2. The van der Waals surface area contributed by atoms with Crippen LogP contribution in [0.15, 0.2) is 36.7 Å². The molecule has 1 aromatic carbocycles. The van der Waals surface area contributed by atoms with Gasteiger partial charge in [0.2, 0.25) is 0 Å². The molecule has 26 heavy (non-hydrogen) atoms. The summed E-state index contributed by atoms with van der Waals surface area (Å²) in [4.78, 5) is 20.3. The molecule has 0 unspecified atom stereocenters. The van der Waals surface area contributed by atoms with Crippen molar-refractivity contribution in [1.29, 1.82) is 5.26 Å². The van der Waals surface area contributed by atoms with E-state index in [0.29, 0.717) is 36.5 Å². The van der Waals surface area contributed by atoms with Gasteiger partial charge in [0, 0.05) is 18.8 Å². The molecule has 0 bridgehead atoms. The Morgan fingerprint density at radius 1 is 1.31 bits per heavy atom. The number of nitrogens with zero attached hydrogens (tertiary/aromatic N) is 3. The van der Waals surface area contributed by atoms with Gasteiger partial charge >= 0.3 is 6.01 Å². The number of benzene rings is 1. The summed E-state index contributed by atoms with van der Waals surface area (Å²) in [6.45, 7) is 0.905. The van der Waals surface area contributed by atoms with Gasteiger partial charge in [-0.1, -0.05) is 0 Å². The fourth-order valence-electron chi connectivity index (χ4n) is 2.57. The molecule has 1 fully saturated rings. The number of carbonyl (C=O) groups excluding carboxylic acids is 1. The molecule has 0 aliphatic carbocycles. The first-order chi connectivity index (χ1) is 12.7. The lowest BCUT2D eigenvalue weighted by atomic mass is 10.1. The van der Waals surface area contributed by atoms with E-state index >= 15 is 0 Å². The highest BCUT2D eigenvalue weighted by atomic mass is 16.5. The van der Waals surface area contributed by atoms with E-state index in [4.69, 9.17) is 19.5 Å². The van der Waals surface area contributed by atoms with Crippen molar-refractivity contribution in [3.8, 4) is 17.8 Å². The number of methoxy groups -OCH3 is 1. The van der Waals surface area contributed by atoms with Crippen LogP contribution in [0, 0.1) is 11.3 Å². The van der Waals surface area contributed by atoms with Crippen LogP contribution < -0.4 is 14.8 Å². The summed E-state index contributed by atoms with van der Waals surface area (Å²) in [6, 6.07) is 8.82. The normalized spacial score (nSPS) is 19.2. The van der Waals surface area contributed by atoms with E-state index in [-0.39, 0.29) is 24.1 Å². The number of rotatable bonds is 5. The van der Waals surface area contributed by atoms with Crippen LogP contribution in [0.25, 0.3) is 0 Å². The van der Waals surface area contributed by atoms with Crippen LogP contribution in [0.1, 0.15) is 22.3 Å². The lowest BCUT2D eigenvalue weighted by molar-refractivity contribution is -0.00289. The van der Waals surface area contributed by atoms with Crippen LogP contribution in [-0.4, -0.2) is 48.3 Å². The molecule has 1 aliphatic rings. The first-order valence-corrected chi connectivity index (χ1v) is 8.11. The van der Waals surface area contributed by atoms with Gasteiger partial charge in [-0.25, -0.2) is 9.97 Å². The Kier molecular flexibility index (Phi) is 5.61. The summed E-state index contributed by atoms with van der Waals surface area (Å²) in [6.07, 6.45) is 3.21. The third-order valence-corrected chi connectivity index (χ3v) is 3.95. The second-order valence-electron chi connectivity index (χ2n) is 5.69. The molecule has 1 aliphatic heterocycles. The first-order valence-electron chi connectivity index (χ1n) is 8.11. The predicted octanol–water partition coefficient (Wildman–Crippen LogP) is 1.32. The summed E-state index contributed by atoms with van der Waals surface area (Å²) in [5.74, 6) is 0.333. The van der Waals surface area contributed by atoms with Gasteiger partial charge in [0.25, 0.3) is 5.91 Å². The number of hydrogen-bond donors (Lipinski definition) is 1. The Morgan fingerprint density at radius 2 is 2.04 bits per heavy atom. The van der Waals surface area contributed by atoms with Crippen LogP contribution >= 0.6 is 0 Å². The largest absolute Gasteiger partial charge is 0.488 e. The number of nitrogens with one attached hydrogen (secondary N) is 1. The van der Waals surface area contributed by atoms with Crippen LogP contribution in [0.4, 0.5) is 0 Å². The number of ether oxygens (including phenoxy) is 3. The lowest BCUT2D eigenvalue weighted by Crippen LogP contribution is -2.51. The van der Waals surface area contributed by atoms with Crippen molar-refractivity contribution < 1.29 is 19.0 Å². The van der Waals surface area contributed by atoms with Crippen molar-refractivity contribution in [2.75, 3.05) is 20.3 Å². The topological polar surface area (TPSA) is 106 Å². The van der Waals surface area contributed by atoms with Crippen molar-refractivity contribution in [2.45, 2.75) is 18.6 Å². The van der Waals surface area contributed by atoms with Crippen LogP contribution in [0.2, 0.25) is 0 Å². The number of nitriles is 1. The van der Waals surface area contributed by atoms with Crippen molar-refractivity contribution in [3.05, 3.63) is 47.8 Å². The fraction of sp³-hybridized carbons (Fsp3) is 0.333. The molecule has 0 radical (unpaired) electrons. The number of aromatic nitrogens is 2. The quantitative estimate of drug-likeness (QED) is 0.863. The molecule has 2 atom stereocenters. The molecule has 2 aromatic rings. The molecule has 1 N–H and O–H groups in total. The Labute approximate surface area is 150 Å². The summed E-state index contributed by atoms with van der Waals surface area (Å²) < 4.78 is 16.3. The van der Waals surface area contributed by atoms with E-state index < -0.39 is 0 Å². The van der Waals surface area contributed by atoms with Gasteiger partial charge in [-0.05, 0) is 24.3 Å². The van der Waals surface area contributed by atoms with Crippen LogP contribution in [0.3, 0.4) is 0 Å². The van der Waals surface area contributed by atoms with Crippen molar-refractivity contribution in [2.24, 2.45) is 0 Å². The summed E-state index contributed by atoms with van der Waals surface area (Å²) >= 11 is 0. The molecule has 134 valence electrons. The standard InChI is InChI=1S/C18H18N4O4/c1-24-18-20-9-13(10-21-18)17(23)22-15-11-25-7-6-16(15)26-14-4-2-12(8-19)3-5-14/h2-5,9-10,15-16H,6-7,11H2,1H3,(H,22,23)/t15-,16-/m1/s1. The smallest absolute Gasteiger partial charge is 0.316 e.